The zero-order valence-corrected chi connectivity index (χ0v) is 20.3. The molecule has 0 saturated carbocycles. The highest BCUT2D eigenvalue weighted by Gasteiger charge is 2.32. The third kappa shape index (κ3) is 4.46. The van der Waals surface area contributed by atoms with Crippen LogP contribution in [0, 0.1) is 0 Å². The average molecular weight is 481 g/mol. The number of nitrogens with zero attached hydrogens (tertiary/aromatic N) is 2. The van der Waals surface area contributed by atoms with E-state index in [4.69, 9.17) is 9.47 Å². The van der Waals surface area contributed by atoms with Gasteiger partial charge in [0, 0.05) is 19.2 Å². The van der Waals surface area contributed by atoms with E-state index in [2.05, 4.69) is 0 Å². The Morgan fingerprint density at radius 3 is 2.38 bits per heavy atom. The minimum Gasteiger partial charge on any atom is -0.493 e. The first kappa shape index (κ1) is 23.6. The summed E-state index contributed by atoms with van der Waals surface area (Å²) in [5, 5.41) is 0. The number of sulfonamides is 1. The van der Waals surface area contributed by atoms with Gasteiger partial charge in [-0.3, -0.25) is 9.10 Å². The summed E-state index contributed by atoms with van der Waals surface area (Å²) >= 11 is 0. The van der Waals surface area contributed by atoms with E-state index in [1.54, 1.807) is 55.5 Å². The maximum Gasteiger partial charge on any atom is 0.264 e. The van der Waals surface area contributed by atoms with Gasteiger partial charge in [0.25, 0.3) is 15.9 Å². The molecule has 1 amide bonds. The predicted octanol–water partition coefficient (Wildman–Crippen LogP) is 4.51. The van der Waals surface area contributed by atoms with Crippen LogP contribution in [-0.2, 0) is 10.0 Å². The summed E-state index contributed by atoms with van der Waals surface area (Å²) in [6.07, 6.45) is 1.68. The van der Waals surface area contributed by atoms with Crippen molar-refractivity contribution in [2.75, 3.05) is 32.1 Å². The topological polar surface area (TPSA) is 76.2 Å². The monoisotopic (exact) mass is 480 g/mol. The Labute approximate surface area is 200 Å². The van der Waals surface area contributed by atoms with E-state index < -0.39 is 10.0 Å². The van der Waals surface area contributed by atoms with Gasteiger partial charge >= 0.3 is 0 Å². The molecule has 1 saturated heterocycles. The normalized spacial score (nSPS) is 15.7. The first-order valence-corrected chi connectivity index (χ1v) is 12.5. The standard InChI is InChI=1S/C26H28N2O5S/c1-27(21-10-5-4-6-11-21)34(30,31)22-12-7-9-20(17-22)26(29)28-16-8-13-23(28)19-14-15-24(32-2)25(18-19)33-3/h4-7,9-12,14-15,17-18,23H,8,13,16H2,1-3H3. The van der Waals surface area contributed by atoms with E-state index >= 15 is 0 Å². The average Bonchev–Trinajstić information content (AvgIpc) is 3.38. The highest BCUT2D eigenvalue weighted by Crippen LogP contribution is 2.37. The highest BCUT2D eigenvalue weighted by molar-refractivity contribution is 7.92. The van der Waals surface area contributed by atoms with Crippen LogP contribution >= 0.6 is 0 Å². The van der Waals surface area contributed by atoms with Gasteiger partial charge in [0.05, 0.1) is 30.8 Å². The molecule has 0 bridgehead atoms. The lowest BCUT2D eigenvalue weighted by molar-refractivity contribution is 0.0735. The van der Waals surface area contributed by atoms with Crippen molar-refractivity contribution in [3.63, 3.8) is 0 Å². The van der Waals surface area contributed by atoms with Gasteiger partial charge in [-0.1, -0.05) is 30.3 Å². The number of ether oxygens (including phenoxy) is 2. The van der Waals surface area contributed by atoms with Crippen molar-refractivity contribution >= 4 is 21.6 Å². The van der Waals surface area contributed by atoms with Crippen LogP contribution in [0.1, 0.15) is 34.8 Å². The number of carbonyl (C=O) groups is 1. The predicted molar refractivity (Wildman–Crippen MR) is 131 cm³/mol. The molecule has 0 N–H and O–H groups in total. The molecule has 1 aliphatic heterocycles. The van der Waals surface area contributed by atoms with Crippen LogP contribution in [-0.4, -0.2) is 47.0 Å². The summed E-state index contributed by atoms with van der Waals surface area (Å²) < 4.78 is 38.4. The number of carbonyl (C=O) groups excluding carboxylic acids is 1. The van der Waals surface area contributed by atoms with Crippen LogP contribution < -0.4 is 13.8 Å². The van der Waals surface area contributed by atoms with E-state index in [1.165, 1.54) is 23.5 Å². The van der Waals surface area contributed by atoms with Gasteiger partial charge in [0.2, 0.25) is 0 Å². The van der Waals surface area contributed by atoms with Gasteiger partial charge in [0.1, 0.15) is 0 Å². The van der Waals surface area contributed by atoms with Crippen molar-refractivity contribution in [3.05, 3.63) is 83.9 Å². The fourth-order valence-corrected chi connectivity index (χ4v) is 5.55. The van der Waals surface area contributed by atoms with E-state index in [9.17, 15) is 13.2 Å². The molecule has 1 unspecified atom stereocenters. The summed E-state index contributed by atoms with van der Waals surface area (Å²) in [5.41, 5.74) is 1.85. The minimum absolute atomic E-state index is 0.0755. The molecular formula is C26H28N2O5S. The first-order chi connectivity index (χ1) is 16.4. The lowest BCUT2D eigenvalue weighted by atomic mass is 10.0. The second-order valence-electron chi connectivity index (χ2n) is 8.11. The number of benzene rings is 3. The van der Waals surface area contributed by atoms with Gasteiger partial charge < -0.3 is 14.4 Å². The zero-order chi connectivity index (χ0) is 24.3. The Balaban J connectivity index is 1.62. The molecule has 4 rings (SSSR count). The number of rotatable bonds is 7. The fraction of sp³-hybridized carbons (Fsp3) is 0.269. The molecule has 178 valence electrons. The molecule has 1 aliphatic rings. The van der Waals surface area contributed by atoms with Crippen LogP contribution in [0.25, 0.3) is 0 Å². The van der Waals surface area contributed by atoms with Crippen LogP contribution in [0.15, 0.2) is 77.7 Å². The summed E-state index contributed by atoms with van der Waals surface area (Å²) in [4.78, 5) is 15.4. The molecule has 3 aromatic carbocycles. The number of likely N-dealkylation sites (tertiary alicyclic amines) is 1. The number of amides is 1. The highest BCUT2D eigenvalue weighted by atomic mass is 32.2. The summed E-state index contributed by atoms with van der Waals surface area (Å²) in [5.74, 6) is 1.04. The van der Waals surface area contributed by atoms with Gasteiger partial charge in [-0.15, -0.1) is 0 Å². The number of para-hydroxylation sites is 1. The molecule has 0 aliphatic carbocycles. The molecule has 0 radical (unpaired) electrons. The van der Waals surface area contributed by atoms with Crippen molar-refractivity contribution in [3.8, 4) is 11.5 Å². The first-order valence-electron chi connectivity index (χ1n) is 11.0. The van der Waals surface area contributed by atoms with Crippen molar-refractivity contribution < 1.29 is 22.7 Å². The van der Waals surface area contributed by atoms with Gasteiger partial charge in [-0.2, -0.15) is 0 Å². The molecule has 0 aromatic heterocycles. The molecule has 1 atom stereocenters. The Kier molecular flexibility index (Phi) is 6.79. The van der Waals surface area contributed by atoms with Crippen LogP contribution in [0.3, 0.4) is 0 Å². The Bertz CT molecular complexity index is 1280. The second-order valence-corrected chi connectivity index (χ2v) is 10.1. The van der Waals surface area contributed by atoms with Gasteiger partial charge in [0.15, 0.2) is 11.5 Å². The van der Waals surface area contributed by atoms with Gasteiger partial charge in [-0.05, 0) is 60.9 Å². The van der Waals surface area contributed by atoms with E-state index in [-0.39, 0.29) is 16.8 Å². The third-order valence-electron chi connectivity index (χ3n) is 6.17. The van der Waals surface area contributed by atoms with Crippen LogP contribution in [0.4, 0.5) is 5.69 Å². The largest absolute Gasteiger partial charge is 0.493 e. The molecular weight excluding hydrogens is 452 g/mol. The number of anilines is 1. The molecule has 34 heavy (non-hydrogen) atoms. The van der Waals surface area contributed by atoms with Gasteiger partial charge in [-0.25, -0.2) is 8.42 Å². The fourth-order valence-electron chi connectivity index (χ4n) is 4.31. The maximum absolute atomic E-state index is 13.5. The smallest absolute Gasteiger partial charge is 0.264 e. The number of hydrogen-bond donors (Lipinski definition) is 0. The second kappa shape index (κ2) is 9.77. The molecule has 1 heterocycles. The molecule has 1 fully saturated rings. The quantitative estimate of drug-likeness (QED) is 0.498. The Morgan fingerprint density at radius 2 is 1.68 bits per heavy atom. The molecule has 3 aromatic rings. The molecule has 8 heteroatoms. The van der Waals surface area contributed by atoms with E-state index in [0.717, 1.165) is 18.4 Å². The van der Waals surface area contributed by atoms with Crippen molar-refractivity contribution in [1.82, 2.24) is 4.90 Å². The number of hydrogen-bond acceptors (Lipinski definition) is 5. The molecule has 0 spiro atoms. The third-order valence-corrected chi connectivity index (χ3v) is 7.95. The maximum atomic E-state index is 13.5. The van der Waals surface area contributed by atoms with Crippen LogP contribution in [0.2, 0.25) is 0 Å². The Hall–Kier alpha value is -3.52. The van der Waals surface area contributed by atoms with Crippen molar-refractivity contribution in [1.29, 1.82) is 0 Å². The lowest BCUT2D eigenvalue weighted by Gasteiger charge is -2.26. The van der Waals surface area contributed by atoms with E-state index in [0.29, 0.717) is 29.3 Å². The summed E-state index contributed by atoms with van der Waals surface area (Å²) in [6.45, 7) is 0.596. The zero-order valence-electron chi connectivity index (χ0n) is 19.5. The summed E-state index contributed by atoms with van der Waals surface area (Å²) in [6, 6.07) is 20.6. The van der Waals surface area contributed by atoms with Crippen molar-refractivity contribution in [2.45, 2.75) is 23.8 Å². The van der Waals surface area contributed by atoms with Crippen LogP contribution in [0.5, 0.6) is 11.5 Å². The number of methoxy groups -OCH3 is 2. The molecule has 7 nitrogen and oxygen atoms in total. The SMILES string of the molecule is COc1ccc(C2CCCN2C(=O)c2cccc(S(=O)(=O)N(C)c3ccccc3)c2)cc1OC. The minimum atomic E-state index is -3.82. The van der Waals surface area contributed by atoms with Crippen molar-refractivity contribution in [2.24, 2.45) is 0 Å². The Morgan fingerprint density at radius 1 is 0.941 bits per heavy atom. The van der Waals surface area contributed by atoms with E-state index in [1.807, 2.05) is 24.3 Å². The lowest BCUT2D eigenvalue weighted by Crippen LogP contribution is -2.31. The summed E-state index contributed by atoms with van der Waals surface area (Å²) in [7, 11) is 0.848.